The highest BCUT2D eigenvalue weighted by Gasteiger charge is 2.46. The van der Waals surface area contributed by atoms with E-state index in [1.807, 2.05) is 6.92 Å². The molecule has 2 unspecified atom stereocenters. The number of carbonyl (C=O) groups excluding carboxylic acids is 1. The molecular weight excluding hydrogens is 354 g/mol. The molecule has 5 atom stereocenters. The molecule has 0 aliphatic carbocycles. The third-order valence-electron chi connectivity index (χ3n) is 4.26. The van der Waals surface area contributed by atoms with Crippen LogP contribution < -0.4 is 0 Å². The van der Waals surface area contributed by atoms with Crippen molar-refractivity contribution in [2.45, 2.75) is 50.4 Å². The summed E-state index contributed by atoms with van der Waals surface area (Å²) in [5, 5.41) is 14.3. The summed E-state index contributed by atoms with van der Waals surface area (Å²) in [7, 11) is 1.40. The van der Waals surface area contributed by atoms with Crippen molar-refractivity contribution in [3.05, 3.63) is 46.3 Å². The van der Waals surface area contributed by atoms with E-state index in [1.54, 1.807) is 30.3 Å². The number of nitrogens with zero attached hydrogens (tertiary/aromatic N) is 3. The lowest BCUT2D eigenvalue weighted by molar-refractivity contribution is -0.265. The minimum absolute atomic E-state index is 0.189. The monoisotopic (exact) mass is 379 g/mol. The van der Waals surface area contributed by atoms with Crippen molar-refractivity contribution in [1.82, 2.24) is 0 Å². The Morgan fingerprint density at radius 1 is 1.37 bits per heavy atom. The van der Waals surface area contributed by atoms with Crippen LogP contribution in [0.5, 0.6) is 0 Å². The molecule has 2 rings (SSSR count). The molecule has 1 aromatic carbocycles. The molecule has 27 heavy (non-hydrogen) atoms. The zero-order chi connectivity index (χ0) is 19.6. The van der Waals surface area contributed by atoms with Crippen LogP contribution in [-0.2, 0) is 18.9 Å². The minimum atomic E-state index is -1.15. The normalized spacial score (nSPS) is 27.6. The summed E-state index contributed by atoms with van der Waals surface area (Å²) >= 11 is 0. The SMILES string of the molecule is CCCCOC1[C@H](O)C(COC(=O)c2ccccc2)O[C@H](OC)[C@H]1N=[N+]=[N-]. The van der Waals surface area contributed by atoms with Crippen LogP contribution in [-0.4, -0.2) is 62.0 Å². The van der Waals surface area contributed by atoms with E-state index in [1.165, 1.54) is 7.11 Å². The predicted molar refractivity (Wildman–Crippen MR) is 96.0 cm³/mol. The molecule has 0 amide bonds. The zero-order valence-electron chi connectivity index (χ0n) is 15.4. The summed E-state index contributed by atoms with van der Waals surface area (Å²) in [6.07, 6.45) is -2.06. The Bertz CT molecular complexity index is 637. The largest absolute Gasteiger partial charge is 0.459 e. The van der Waals surface area contributed by atoms with E-state index in [2.05, 4.69) is 10.0 Å². The fourth-order valence-corrected chi connectivity index (χ4v) is 2.79. The van der Waals surface area contributed by atoms with E-state index in [0.29, 0.717) is 12.2 Å². The van der Waals surface area contributed by atoms with Gasteiger partial charge in [-0.15, -0.1) is 0 Å². The number of esters is 1. The number of aliphatic hydroxyl groups excluding tert-OH is 1. The van der Waals surface area contributed by atoms with Gasteiger partial charge in [-0.05, 0) is 24.1 Å². The zero-order valence-corrected chi connectivity index (χ0v) is 15.4. The quantitative estimate of drug-likeness (QED) is 0.231. The second-order valence-electron chi connectivity index (χ2n) is 6.12. The first kappa shape index (κ1) is 21.1. The average Bonchev–Trinajstić information content (AvgIpc) is 2.70. The lowest BCUT2D eigenvalue weighted by Crippen LogP contribution is -2.59. The van der Waals surface area contributed by atoms with Crippen LogP contribution >= 0.6 is 0 Å². The molecule has 0 bridgehead atoms. The van der Waals surface area contributed by atoms with Gasteiger partial charge in [-0.1, -0.05) is 36.7 Å². The average molecular weight is 379 g/mol. The van der Waals surface area contributed by atoms with E-state index >= 15 is 0 Å². The highest BCUT2D eigenvalue weighted by Crippen LogP contribution is 2.27. The van der Waals surface area contributed by atoms with E-state index < -0.39 is 36.6 Å². The maximum absolute atomic E-state index is 12.1. The van der Waals surface area contributed by atoms with Gasteiger partial charge in [0.2, 0.25) is 0 Å². The first-order valence-electron chi connectivity index (χ1n) is 8.86. The molecule has 9 heteroatoms. The molecule has 1 aliphatic rings. The van der Waals surface area contributed by atoms with Crippen LogP contribution in [0.1, 0.15) is 30.1 Å². The first-order chi connectivity index (χ1) is 13.1. The molecule has 148 valence electrons. The minimum Gasteiger partial charge on any atom is -0.459 e. The van der Waals surface area contributed by atoms with E-state index in [9.17, 15) is 9.90 Å². The molecule has 1 aliphatic heterocycles. The highest BCUT2D eigenvalue weighted by atomic mass is 16.7. The Labute approximate surface area is 157 Å². The Balaban J connectivity index is 2.06. The van der Waals surface area contributed by atoms with Crippen molar-refractivity contribution >= 4 is 5.97 Å². The Kier molecular flexibility index (Phi) is 8.50. The van der Waals surface area contributed by atoms with Gasteiger partial charge in [0.15, 0.2) is 6.29 Å². The van der Waals surface area contributed by atoms with E-state index in [4.69, 9.17) is 24.5 Å². The Morgan fingerprint density at radius 3 is 2.74 bits per heavy atom. The number of benzene rings is 1. The van der Waals surface area contributed by atoms with Crippen LogP contribution in [0.3, 0.4) is 0 Å². The van der Waals surface area contributed by atoms with Crippen molar-refractivity contribution in [2.24, 2.45) is 5.11 Å². The number of aliphatic hydroxyl groups is 1. The second kappa shape index (κ2) is 10.9. The van der Waals surface area contributed by atoms with Gasteiger partial charge in [0.25, 0.3) is 0 Å². The molecule has 0 saturated carbocycles. The van der Waals surface area contributed by atoms with Crippen LogP contribution in [0.25, 0.3) is 10.4 Å². The van der Waals surface area contributed by atoms with E-state index in [-0.39, 0.29) is 6.61 Å². The number of unbranched alkanes of at least 4 members (excludes halogenated alkanes) is 1. The Morgan fingerprint density at radius 2 is 2.11 bits per heavy atom. The number of methoxy groups -OCH3 is 1. The first-order valence-corrected chi connectivity index (χ1v) is 8.86. The number of ether oxygens (including phenoxy) is 4. The van der Waals surface area contributed by atoms with Crippen LogP contribution in [0.2, 0.25) is 0 Å². The van der Waals surface area contributed by atoms with Crippen molar-refractivity contribution in [3.63, 3.8) is 0 Å². The fraction of sp³-hybridized carbons (Fsp3) is 0.611. The number of azide groups is 1. The molecule has 0 spiro atoms. The van der Waals surface area contributed by atoms with Gasteiger partial charge in [0.1, 0.15) is 24.9 Å². The number of rotatable bonds is 9. The van der Waals surface area contributed by atoms with Crippen LogP contribution in [0.4, 0.5) is 0 Å². The summed E-state index contributed by atoms with van der Waals surface area (Å²) in [6.45, 7) is 2.21. The van der Waals surface area contributed by atoms with Crippen LogP contribution in [0, 0.1) is 0 Å². The number of carbonyl (C=O) groups is 1. The molecule has 0 aromatic heterocycles. The van der Waals surface area contributed by atoms with Gasteiger partial charge in [-0.25, -0.2) is 4.79 Å². The predicted octanol–water partition coefficient (Wildman–Crippen LogP) is 2.44. The topological polar surface area (TPSA) is 123 Å². The Hall–Kier alpha value is -2.16. The summed E-state index contributed by atoms with van der Waals surface area (Å²) in [6, 6.07) is 7.66. The number of hydrogen-bond donors (Lipinski definition) is 1. The summed E-state index contributed by atoms with van der Waals surface area (Å²) in [5.74, 6) is -0.527. The molecule has 9 nitrogen and oxygen atoms in total. The molecule has 1 heterocycles. The van der Waals surface area contributed by atoms with Crippen molar-refractivity contribution < 1.29 is 28.8 Å². The van der Waals surface area contributed by atoms with Gasteiger partial charge >= 0.3 is 5.97 Å². The maximum atomic E-state index is 12.1. The van der Waals surface area contributed by atoms with Gasteiger partial charge < -0.3 is 24.1 Å². The fourth-order valence-electron chi connectivity index (χ4n) is 2.79. The van der Waals surface area contributed by atoms with Gasteiger partial charge in [-0.3, -0.25) is 0 Å². The lowest BCUT2D eigenvalue weighted by atomic mass is 9.97. The molecule has 0 radical (unpaired) electrons. The lowest BCUT2D eigenvalue weighted by Gasteiger charge is -2.42. The molecular formula is C18H25N3O6. The summed E-state index contributed by atoms with van der Waals surface area (Å²) in [4.78, 5) is 14.9. The molecule has 1 aromatic rings. The highest BCUT2D eigenvalue weighted by molar-refractivity contribution is 5.89. The van der Waals surface area contributed by atoms with Crippen LogP contribution in [0.15, 0.2) is 35.4 Å². The third kappa shape index (κ3) is 5.66. The second-order valence-corrected chi connectivity index (χ2v) is 6.12. The third-order valence-corrected chi connectivity index (χ3v) is 4.26. The maximum Gasteiger partial charge on any atom is 0.338 e. The summed E-state index contributed by atoms with van der Waals surface area (Å²) in [5.41, 5.74) is 9.21. The number of hydrogen-bond acceptors (Lipinski definition) is 7. The van der Waals surface area contributed by atoms with Crippen molar-refractivity contribution in [2.75, 3.05) is 20.3 Å². The van der Waals surface area contributed by atoms with Gasteiger partial charge in [-0.2, -0.15) is 0 Å². The van der Waals surface area contributed by atoms with Gasteiger partial charge in [0.05, 0.1) is 11.7 Å². The van der Waals surface area contributed by atoms with Crippen molar-refractivity contribution in [1.29, 1.82) is 0 Å². The molecule has 1 saturated heterocycles. The standard InChI is InChI=1S/C18H25N3O6/c1-3-4-10-25-16-14(20-21-19)18(24-2)27-13(15(16)22)11-26-17(23)12-8-6-5-7-9-12/h5-9,13-16,18,22H,3-4,10-11H2,1-2H3/t13?,14-,15+,16?,18-/m0/s1. The van der Waals surface area contributed by atoms with E-state index in [0.717, 1.165) is 12.8 Å². The molecule has 1 fully saturated rings. The summed E-state index contributed by atoms with van der Waals surface area (Å²) < 4.78 is 21.9. The smallest absolute Gasteiger partial charge is 0.338 e. The molecule has 1 N–H and O–H groups in total. The van der Waals surface area contributed by atoms with Gasteiger partial charge in [0, 0.05) is 18.6 Å². The van der Waals surface area contributed by atoms with Crippen molar-refractivity contribution in [3.8, 4) is 0 Å².